The number of aromatic nitrogens is 1. The maximum Gasteiger partial charge on any atom is 0.0696 e. The van der Waals surface area contributed by atoms with Crippen molar-refractivity contribution in [1.29, 1.82) is 0 Å². The molecule has 16 heavy (non-hydrogen) atoms. The first-order valence-electron chi connectivity index (χ1n) is 5.27. The van der Waals surface area contributed by atoms with Crippen LogP contribution >= 0.6 is 0 Å². The molecule has 0 atom stereocenters. The van der Waals surface area contributed by atoms with Crippen LogP contribution in [0.15, 0.2) is 60.8 Å². The smallest absolute Gasteiger partial charge is 0.0696 e. The van der Waals surface area contributed by atoms with E-state index in [4.69, 9.17) is 5.84 Å². The SMILES string of the molecule is Nn1cc(-c2ccccc2)c2ccccc21. The van der Waals surface area contributed by atoms with Crippen LogP contribution in [0.5, 0.6) is 0 Å². The molecule has 0 saturated heterocycles. The van der Waals surface area contributed by atoms with Gasteiger partial charge in [-0.3, -0.25) is 4.68 Å². The minimum absolute atomic E-state index is 1.06. The molecule has 0 radical (unpaired) electrons. The summed E-state index contributed by atoms with van der Waals surface area (Å²) in [5, 5.41) is 1.19. The fourth-order valence-corrected chi connectivity index (χ4v) is 2.05. The van der Waals surface area contributed by atoms with Gasteiger partial charge in [-0.05, 0) is 11.6 Å². The van der Waals surface area contributed by atoms with E-state index in [9.17, 15) is 0 Å². The van der Waals surface area contributed by atoms with Gasteiger partial charge in [-0.2, -0.15) is 0 Å². The molecule has 2 N–H and O–H groups in total. The Balaban J connectivity index is 2.33. The molecule has 1 heterocycles. The number of hydrogen-bond acceptors (Lipinski definition) is 1. The van der Waals surface area contributed by atoms with Crippen LogP contribution in [0.1, 0.15) is 0 Å². The van der Waals surface area contributed by atoms with Gasteiger partial charge in [-0.25, -0.2) is 0 Å². The highest BCUT2D eigenvalue weighted by atomic mass is 15.3. The summed E-state index contributed by atoms with van der Waals surface area (Å²) in [6.45, 7) is 0. The van der Waals surface area contributed by atoms with Crippen molar-refractivity contribution in [2.75, 3.05) is 5.84 Å². The normalized spacial score (nSPS) is 10.8. The van der Waals surface area contributed by atoms with E-state index in [1.165, 1.54) is 16.5 Å². The number of rotatable bonds is 1. The fraction of sp³-hybridized carbons (Fsp3) is 0. The van der Waals surface area contributed by atoms with Crippen molar-refractivity contribution in [2.24, 2.45) is 0 Å². The molecule has 0 unspecified atom stereocenters. The van der Waals surface area contributed by atoms with Crippen molar-refractivity contribution in [2.45, 2.75) is 0 Å². The Morgan fingerprint density at radius 3 is 2.31 bits per heavy atom. The second-order valence-corrected chi connectivity index (χ2v) is 3.83. The third-order valence-corrected chi connectivity index (χ3v) is 2.83. The number of fused-ring (bicyclic) bond motifs is 1. The lowest BCUT2D eigenvalue weighted by molar-refractivity contribution is 1.07. The highest BCUT2D eigenvalue weighted by Gasteiger charge is 2.07. The Hall–Kier alpha value is -2.22. The van der Waals surface area contributed by atoms with Gasteiger partial charge in [0.1, 0.15) is 0 Å². The summed E-state index contributed by atoms with van der Waals surface area (Å²) in [7, 11) is 0. The number of nitrogen functional groups attached to an aromatic ring is 1. The zero-order valence-electron chi connectivity index (χ0n) is 8.80. The lowest BCUT2D eigenvalue weighted by Gasteiger charge is -1.97. The molecule has 1 aromatic heterocycles. The Bertz CT molecular complexity index is 624. The summed E-state index contributed by atoms with van der Waals surface area (Å²) < 4.78 is 1.68. The van der Waals surface area contributed by atoms with E-state index in [2.05, 4.69) is 18.2 Å². The molecule has 0 aliphatic heterocycles. The predicted molar refractivity (Wildman–Crippen MR) is 67.5 cm³/mol. The topological polar surface area (TPSA) is 30.9 Å². The van der Waals surface area contributed by atoms with Gasteiger partial charge in [-0.15, -0.1) is 0 Å². The Morgan fingerprint density at radius 1 is 0.812 bits per heavy atom. The third-order valence-electron chi connectivity index (χ3n) is 2.83. The molecule has 0 aliphatic rings. The van der Waals surface area contributed by atoms with Crippen molar-refractivity contribution < 1.29 is 0 Å². The number of hydrogen-bond donors (Lipinski definition) is 1. The molecule has 2 nitrogen and oxygen atoms in total. The van der Waals surface area contributed by atoms with E-state index < -0.39 is 0 Å². The maximum atomic E-state index is 5.93. The number of nitrogens with two attached hydrogens (primary N) is 1. The first-order valence-corrected chi connectivity index (χ1v) is 5.27. The molecule has 3 rings (SSSR count). The lowest BCUT2D eigenvalue weighted by Crippen LogP contribution is -2.04. The summed E-state index contributed by atoms with van der Waals surface area (Å²) in [5.74, 6) is 5.93. The summed E-state index contributed by atoms with van der Waals surface area (Å²) in [5.41, 5.74) is 3.43. The largest absolute Gasteiger partial charge is 0.339 e. The van der Waals surface area contributed by atoms with Crippen LogP contribution in [0.3, 0.4) is 0 Å². The van der Waals surface area contributed by atoms with Crippen LogP contribution in [0.25, 0.3) is 22.0 Å². The minimum atomic E-state index is 1.06. The van der Waals surface area contributed by atoms with Gasteiger partial charge in [0.2, 0.25) is 0 Å². The van der Waals surface area contributed by atoms with E-state index >= 15 is 0 Å². The molecule has 0 aliphatic carbocycles. The standard InChI is InChI=1S/C14H12N2/c15-16-10-13(11-6-2-1-3-7-11)12-8-4-5-9-14(12)16/h1-10H,15H2. The first kappa shape index (κ1) is 9.04. The van der Waals surface area contributed by atoms with Gasteiger partial charge in [0, 0.05) is 17.1 Å². The van der Waals surface area contributed by atoms with Crippen LogP contribution < -0.4 is 5.84 Å². The molecular formula is C14H12N2. The van der Waals surface area contributed by atoms with E-state index in [0.717, 1.165) is 5.52 Å². The van der Waals surface area contributed by atoms with E-state index in [0.29, 0.717) is 0 Å². The van der Waals surface area contributed by atoms with Crippen molar-refractivity contribution in [3.63, 3.8) is 0 Å². The number of para-hydroxylation sites is 1. The average Bonchev–Trinajstić information content (AvgIpc) is 2.69. The van der Waals surface area contributed by atoms with Gasteiger partial charge in [-0.1, -0.05) is 48.5 Å². The molecule has 0 amide bonds. The van der Waals surface area contributed by atoms with Crippen molar-refractivity contribution in [3.05, 3.63) is 60.8 Å². The minimum Gasteiger partial charge on any atom is -0.339 e. The summed E-state index contributed by atoms with van der Waals surface area (Å²) in [6.07, 6.45) is 1.97. The first-order chi connectivity index (χ1) is 7.86. The van der Waals surface area contributed by atoms with Crippen LogP contribution in [-0.2, 0) is 0 Å². The molecule has 78 valence electrons. The Labute approximate surface area is 93.9 Å². The molecule has 0 spiro atoms. The van der Waals surface area contributed by atoms with Gasteiger partial charge >= 0.3 is 0 Å². The second kappa shape index (κ2) is 3.42. The molecule has 0 bridgehead atoms. The highest BCUT2D eigenvalue weighted by Crippen LogP contribution is 2.28. The maximum absolute atomic E-state index is 5.93. The molecule has 0 fully saturated rings. The van der Waals surface area contributed by atoms with Gasteiger partial charge in [0.15, 0.2) is 0 Å². The van der Waals surface area contributed by atoms with Gasteiger partial charge in [0.25, 0.3) is 0 Å². The van der Waals surface area contributed by atoms with Crippen LogP contribution in [0.2, 0.25) is 0 Å². The second-order valence-electron chi connectivity index (χ2n) is 3.83. The zero-order valence-corrected chi connectivity index (χ0v) is 8.80. The van der Waals surface area contributed by atoms with E-state index in [-0.39, 0.29) is 0 Å². The van der Waals surface area contributed by atoms with Crippen LogP contribution in [-0.4, -0.2) is 4.68 Å². The number of benzene rings is 2. The van der Waals surface area contributed by atoms with Crippen LogP contribution in [0, 0.1) is 0 Å². The van der Waals surface area contributed by atoms with Gasteiger partial charge < -0.3 is 5.84 Å². The average molecular weight is 208 g/mol. The molecule has 2 aromatic carbocycles. The molecule has 2 heteroatoms. The van der Waals surface area contributed by atoms with E-state index in [1.807, 2.05) is 42.6 Å². The Morgan fingerprint density at radius 2 is 1.50 bits per heavy atom. The fourth-order valence-electron chi connectivity index (χ4n) is 2.05. The van der Waals surface area contributed by atoms with Crippen molar-refractivity contribution in [3.8, 4) is 11.1 Å². The molecule has 0 saturated carbocycles. The highest BCUT2D eigenvalue weighted by molar-refractivity contribution is 5.96. The summed E-state index contributed by atoms with van der Waals surface area (Å²) >= 11 is 0. The van der Waals surface area contributed by atoms with Crippen molar-refractivity contribution in [1.82, 2.24) is 4.68 Å². The summed E-state index contributed by atoms with van der Waals surface area (Å²) in [6, 6.07) is 18.5. The predicted octanol–water partition coefficient (Wildman–Crippen LogP) is 3.02. The van der Waals surface area contributed by atoms with E-state index in [1.54, 1.807) is 4.68 Å². The zero-order chi connectivity index (χ0) is 11.0. The third kappa shape index (κ3) is 1.27. The molecular weight excluding hydrogens is 196 g/mol. The van der Waals surface area contributed by atoms with Crippen LogP contribution in [0.4, 0.5) is 0 Å². The quantitative estimate of drug-likeness (QED) is 0.612. The van der Waals surface area contributed by atoms with Crippen molar-refractivity contribution >= 4 is 10.9 Å². The molecule has 3 aromatic rings. The van der Waals surface area contributed by atoms with Gasteiger partial charge in [0.05, 0.1) is 5.52 Å². The lowest BCUT2D eigenvalue weighted by atomic mass is 10.1. The summed E-state index contributed by atoms with van der Waals surface area (Å²) in [4.78, 5) is 0. The monoisotopic (exact) mass is 208 g/mol. The Kier molecular flexibility index (Phi) is 1.93. The number of nitrogens with zero attached hydrogens (tertiary/aromatic N) is 1.